The lowest BCUT2D eigenvalue weighted by atomic mass is 9.70. The van der Waals surface area contributed by atoms with Gasteiger partial charge >= 0.3 is 0 Å². The van der Waals surface area contributed by atoms with Crippen molar-refractivity contribution in [1.82, 2.24) is 14.7 Å². The highest BCUT2D eigenvalue weighted by atomic mass is 32.2. The minimum Gasteiger partial charge on any atom is -0.396 e. The number of aliphatic hydroxyl groups is 1. The molecule has 3 rings (SSSR count). The van der Waals surface area contributed by atoms with Crippen molar-refractivity contribution in [3.05, 3.63) is 25.3 Å². The summed E-state index contributed by atoms with van der Waals surface area (Å²) >= 11 is 1.69. The fourth-order valence-corrected chi connectivity index (χ4v) is 8.18. The maximum atomic E-state index is 13.9. The Balaban J connectivity index is 2.02. The lowest BCUT2D eigenvalue weighted by Gasteiger charge is -2.38. The molecule has 1 N–H and O–H groups in total. The summed E-state index contributed by atoms with van der Waals surface area (Å²) in [4.78, 5) is 46.7. The SMILES string of the molecule is C=CCN(CCC)C(=O)[C@@H]1[C@H]2C(=O)N(CCCO)C(C(=O)N(CC=C)C(C)C)C23CC[C@H]1S3. The van der Waals surface area contributed by atoms with E-state index in [4.69, 9.17) is 0 Å². The number of carbonyl (C=O) groups is 3. The van der Waals surface area contributed by atoms with Gasteiger partial charge in [-0.15, -0.1) is 24.9 Å². The highest BCUT2D eigenvalue weighted by molar-refractivity contribution is 8.02. The van der Waals surface area contributed by atoms with Crippen LogP contribution in [0.3, 0.4) is 0 Å². The number of nitrogens with zero attached hydrogens (tertiary/aromatic N) is 3. The average Bonchev–Trinajstić information content (AvgIpc) is 3.42. The van der Waals surface area contributed by atoms with Crippen molar-refractivity contribution in [2.75, 3.05) is 32.8 Å². The third-order valence-electron chi connectivity index (χ3n) is 7.26. The largest absolute Gasteiger partial charge is 0.396 e. The van der Waals surface area contributed by atoms with Gasteiger partial charge in [-0.1, -0.05) is 19.1 Å². The van der Waals surface area contributed by atoms with Gasteiger partial charge in [-0.05, 0) is 39.5 Å². The summed E-state index contributed by atoms with van der Waals surface area (Å²) in [5.74, 6) is -1.08. The molecule has 0 aromatic heterocycles. The van der Waals surface area contributed by atoms with E-state index < -0.39 is 22.6 Å². The van der Waals surface area contributed by atoms with Gasteiger partial charge in [0.2, 0.25) is 17.7 Å². The van der Waals surface area contributed by atoms with Crippen LogP contribution < -0.4 is 0 Å². The van der Waals surface area contributed by atoms with Crippen LogP contribution in [0.1, 0.15) is 46.5 Å². The van der Waals surface area contributed by atoms with Crippen LogP contribution in [0.25, 0.3) is 0 Å². The van der Waals surface area contributed by atoms with E-state index in [9.17, 15) is 19.5 Å². The Kier molecular flexibility index (Phi) is 8.32. The molecule has 3 aliphatic rings. The molecular formula is C25H39N3O4S. The summed E-state index contributed by atoms with van der Waals surface area (Å²) in [7, 11) is 0. The van der Waals surface area contributed by atoms with Crippen LogP contribution in [0.2, 0.25) is 0 Å². The molecule has 5 atom stereocenters. The molecule has 0 aliphatic carbocycles. The molecule has 3 heterocycles. The molecule has 0 radical (unpaired) electrons. The standard InChI is InChI=1S/C25H39N3O4S/c1-6-12-26(13-7-2)22(30)19-18-10-11-25(33-18)20(19)23(31)28(15-9-16-29)21(25)24(32)27(14-8-3)17(4)5/h6,8,17-21,29H,1,3,7,9-16H2,2,4-5H3/t18-,19+,20+,21?,25?/m1/s1. The summed E-state index contributed by atoms with van der Waals surface area (Å²) in [6.45, 7) is 15.3. The lowest BCUT2D eigenvalue weighted by molar-refractivity contribution is -0.145. The van der Waals surface area contributed by atoms with E-state index in [0.29, 0.717) is 32.6 Å². The van der Waals surface area contributed by atoms with Crippen LogP contribution in [0.5, 0.6) is 0 Å². The van der Waals surface area contributed by atoms with Gasteiger partial charge in [0, 0.05) is 44.1 Å². The Bertz CT molecular complexity index is 788. The monoisotopic (exact) mass is 477 g/mol. The fourth-order valence-electron chi connectivity index (χ4n) is 5.98. The van der Waals surface area contributed by atoms with Gasteiger partial charge in [0.25, 0.3) is 0 Å². The van der Waals surface area contributed by atoms with Gasteiger partial charge in [-0.2, -0.15) is 0 Å². The molecule has 33 heavy (non-hydrogen) atoms. The number of aliphatic hydroxyl groups excluding tert-OH is 1. The number of hydrogen-bond acceptors (Lipinski definition) is 5. The molecular weight excluding hydrogens is 438 g/mol. The minimum absolute atomic E-state index is 0.0104. The van der Waals surface area contributed by atoms with E-state index in [0.717, 1.165) is 19.3 Å². The average molecular weight is 478 g/mol. The molecule has 0 saturated carbocycles. The second kappa shape index (κ2) is 10.6. The minimum atomic E-state index is -0.615. The molecule has 3 saturated heterocycles. The van der Waals surface area contributed by atoms with E-state index >= 15 is 0 Å². The zero-order valence-electron chi connectivity index (χ0n) is 20.2. The number of rotatable bonds is 12. The molecule has 3 fully saturated rings. The summed E-state index contributed by atoms with van der Waals surface area (Å²) in [5.41, 5.74) is 0. The fraction of sp³-hybridized carbons (Fsp3) is 0.720. The predicted molar refractivity (Wildman–Crippen MR) is 132 cm³/mol. The first-order valence-corrected chi connectivity index (χ1v) is 13.1. The van der Waals surface area contributed by atoms with Crippen LogP contribution in [-0.4, -0.2) is 92.4 Å². The van der Waals surface area contributed by atoms with Crippen LogP contribution in [0, 0.1) is 11.8 Å². The summed E-state index contributed by atoms with van der Waals surface area (Å²) in [5, 5.41) is 9.51. The number of hydrogen-bond donors (Lipinski definition) is 1. The smallest absolute Gasteiger partial charge is 0.247 e. The van der Waals surface area contributed by atoms with Gasteiger partial charge < -0.3 is 19.8 Å². The normalized spacial score (nSPS) is 30.0. The van der Waals surface area contributed by atoms with Gasteiger partial charge in [0.15, 0.2) is 0 Å². The maximum Gasteiger partial charge on any atom is 0.247 e. The number of thioether (sulfide) groups is 1. The number of amides is 3. The summed E-state index contributed by atoms with van der Waals surface area (Å²) < 4.78 is -0.588. The van der Waals surface area contributed by atoms with Crippen molar-refractivity contribution in [3.63, 3.8) is 0 Å². The van der Waals surface area contributed by atoms with E-state index in [1.165, 1.54) is 0 Å². The van der Waals surface area contributed by atoms with Crippen molar-refractivity contribution >= 4 is 29.5 Å². The Morgan fingerprint density at radius 2 is 1.97 bits per heavy atom. The summed E-state index contributed by atoms with van der Waals surface area (Å²) in [6.07, 6.45) is 6.28. The topological polar surface area (TPSA) is 81.2 Å². The molecule has 0 aromatic rings. The van der Waals surface area contributed by atoms with Crippen LogP contribution in [0.15, 0.2) is 25.3 Å². The van der Waals surface area contributed by atoms with E-state index in [1.54, 1.807) is 33.7 Å². The van der Waals surface area contributed by atoms with Gasteiger partial charge in [-0.3, -0.25) is 14.4 Å². The third kappa shape index (κ3) is 4.36. The Morgan fingerprint density at radius 3 is 2.55 bits per heavy atom. The number of carbonyl (C=O) groups excluding carboxylic acids is 3. The molecule has 2 bridgehead atoms. The molecule has 3 amide bonds. The van der Waals surface area contributed by atoms with Crippen molar-refractivity contribution in [2.45, 2.75) is 68.5 Å². The Morgan fingerprint density at radius 1 is 1.27 bits per heavy atom. The van der Waals surface area contributed by atoms with Crippen molar-refractivity contribution in [2.24, 2.45) is 11.8 Å². The lowest BCUT2D eigenvalue weighted by Crippen LogP contribution is -2.56. The zero-order valence-corrected chi connectivity index (χ0v) is 21.1. The van der Waals surface area contributed by atoms with Gasteiger partial charge in [0.05, 0.1) is 16.6 Å². The van der Waals surface area contributed by atoms with Crippen LogP contribution >= 0.6 is 11.8 Å². The van der Waals surface area contributed by atoms with Crippen molar-refractivity contribution in [3.8, 4) is 0 Å². The molecule has 7 nitrogen and oxygen atoms in total. The second-order valence-corrected chi connectivity index (χ2v) is 11.2. The Hall–Kier alpha value is -1.80. The highest BCUT2D eigenvalue weighted by Crippen LogP contribution is 2.66. The van der Waals surface area contributed by atoms with Crippen LogP contribution in [0.4, 0.5) is 0 Å². The molecule has 8 heteroatoms. The van der Waals surface area contributed by atoms with E-state index in [1.807, 2.05) is 25.7 Å². The quantitative estimate of drug-likeness (QED) is 0.436. The second-order valence-electron chi connectivity index (χ2n) is 9.61. The van der Waals surface area contributed by atoms with Crippen LogP contribution in [-0.2, 0) is 14.4 Å². The first kappa shape index (κ1) is 25.8. The van der Waals surface area contributed by atoms with Crippen molar-refractivity contribution < 1.29 is 19.5 Å². The van der Waals surface area contributed by atoms with Crippen molar-refractivity contribution in [1.29, 1.82) is 0 Å². The predicted octanol–water partition coefficient (Wildman–Crippen LogP) is 2.31. The first-order valence-electron chi connectivity index (χ1n) is 12.2. The number of likely N-dealkylation sites (tertiary alicyclic amines) is 1. The first-order chi connectivity index (χ1) is 15.8. The van der Waals surface area contributed by atoms with Gasteiger partial charge in [-0.25, -0.2) is 0 Å². The maximum absolute atomic E-state index is 13.9. The zero-order chi connectivity index (χ0) is 24.3. The van der Waals surface area contributed by atoms with E-state index in [2.05, 4.69) is 13.2 Å². The molecule has 1 spiro atoms. The Labute approximate surface area is 202 Å². The summed E-state index contributed by atoms with van der Waals surface area (Å²) in [6, 6.07) is -0.648. The van der Waals surface area contributed by atoms with E-state index in [-0.39, 0.29) is 35.6 Å². The van der Waals surface area contributed by atoms with Gasteiger partial charge in [0.1, 0.15) is 6.04 Å². The molecule has 0 aromatic carbocycles. The number of fused-ring (bicyclic) bond motifs is 1. The highest BCUT2D eigenvalue weighted by Gasteiger charge is 2.74. The molecule has 2 unspecified atom stereocenters. The third-order valence-corrected chi connectivity index (χ3v) is 9.22. The molecule has 184 valence electrons. The molecule has 3 aliphatic heterocycles.